The highest BCUT2D eigenvalue weighted by molar-refractivity contribution is 7.89. The highest BCUT2D eigenvalue weighted by Gasteiger charge is 2.07. The summed E-state index contributed by atoms with van der Waals surface area (Å²) >= 11 is 0. The molecule has 3 N–H and O–H groups in total. The lowest BCUT2D eigenvalue weighted by molar-refractivity contribution is 0.536. The van der Waals surface area contributed by atoms with Gasteiger partial charge in [-0.25, -0.2) is 13.1 Å². The maximum Gasteiger partial charge on any atom is 0.211 e. The fraction of sp³-hybridized carbons (Fsp3) is 1.00. The van der Waals surface area contributed by atoms with Crippen LogP contribution >= 0.6 is 0 Å². The van der Waals surface area contributed by atoms with Crippen molar-refractivity contribution in [2.45, 2.75) is 96.8 Å². The molecule has 0 amide bonds. The number of hydrogen-bond donors (Lipinski definition) is 2. The average molecular weight is 349 g/mol. The van der Waals surface area contributed by atoms with Gasteiger partial charge in [-0.3, -0.25) is 0 Å². The van der Waals surface area contributed by atoms with E-state index in [0.717, 1.165) is 19.3 Å². The first-order chi connectivity index (χ1) is 11.1. The average Bonchev–Trinajstić information content (AvgIpc) is 2.53. The smallest absolute Gasteiger partial charge is 0.211 e. The van der Waals surface area contributed by atoms with E-state index in [1.165, 1.54) is 70.6 Å². The van der Waals surface area contributed by atoms with Crippen LogP contribution in [0.1, 0.15) is 96.8 Å². The number of nitrogens with two attached hydrogens (primary N) is 1. The molecule has 0 aromatic carbocycles. The Morgan fingerprint density at radius 3 is 1.48 bits per heavy atom. The van der Waals surface area contributed by atoms with Gasteiger partial charge in [-0.1, -0.05) is 90.4 Å². The third-order valence-electron chi connectivity index (χ3n) is 4.23. The molecule has 0 aromatic rings. The maximum atomic E-state index is 11.5. The molecule has 0 saturated heterocycles. The van der Waals surface area contributed by atoms with E-state index in [1.807, 2.05) is 0 Å². The molecule has 4 nitrogen and oxygen atoms in total. The van der Waals surface area contributed by atoms with Crippen LogP contribution in [0, 0.1) is 0 Å². The van der Waals surface area contributed by atoms with E-state index in [0.29, 0.717) is 13.1 Å². The Kier molecular flexibility index (Phi) is 16.6. The van der Waals surface area contributed by atoms with Crippen LogP contribution in [-0.2, 0) is 10.0 Å². The monoisotopic (exact) mass is 348 g/mol. The quantitative estimate of drug-likeness (QED) is 0.362. The predicted octanol–water partition coefficient (Wildman–Crippen LogP) is 4.35. The van der Waals surface area contributed by atoms with Crippen LogP contribution in [0.3, 0.4) is 0 Å². The molecule has 0 aromatic heterocycles. The summed E-state index contributed by atoms with van der Waals surface area (Å²) in [6, 6.07) is 0. The molecule has 140 valence electrons. The third kappa shape index (κ3) is 18.1. The zero-order valence-electron chi connectivity index (χ0n) is 15.3. The van der Waals surface area contributed by atoms with Crippen molar-refractivity contribution < 1.29 is 8.42 Å². The zero-order chi connectivity index (χ0) is 17.2. The van der Waals surface area contributed by atoms with Gasteiger partial charge in [0.05, 0.1) is 5.75 Å². The Morgan fingerprint density at radius 2 is 1.09 bits per heavy atom. The van der Waals surface area contributed by atoms with E-state index in [1.54, 1.807) is 0 Å². The van der Waals surface area contributed by atoms with Crippen LogP contribution in [0.4, 0.5) is 0 Å². The number of sulfonamides is 1. The van der Waals surface area contributed by atoms with E-state index >= 15 is 0 Å². The Morgan fingerprint density at radius 1 is 0.696 bits per heavy atom. The highest BCUT2D eigenvalue weighted by Crippen LogP contribution is 2.13. The lowest BCUT2D eigenvalue weighted by Crippen LogP contribution is -2.31. The van der Waals surface area contributed by atoms with Crippen molar-refractivity contribution in [1.82, 2.24) is 4.72 Å². The first kappa shape index (κ1) is 22.9. The van der Waals surface area contributed by atoms with Crippen molar-refractivity contribution >= 4 is 10.0 Å². The zero-order valence-corrected chi connectivity index (χ0v) is 16.1. The predicted molar refractivity (Wildman–Crippen MR) is 101 cm³/mol. The van der Waals surface area contributed by atoms with Crippen molar-refractivity contribution in [3.8, 4) is 0 Å². The van der Waals surface area contributed by atoms with Crippen molar-refractivity contribution in [1.29, 1.82) is 0 Å². The Bertz CT molecular complexity index is 332. The van der Waals surface area contributed by atoms with Gasteiger partial charge < -0.3 is 5.73 Å². The molecule has 0 heterocycles. The summed E-state index contributed by atoms with van der Waals surface area (Å²) in [6.45, 7) is 2.97. The van der Waals surface area contributed by atoms with Crippen LogP contribution < -0.4 is 10.5 Å². The van der Waals surface area contributed by atoms with Crippen LogP contribution in [-0.4, -0.2) is 27.3 Å². The first-order valence-electron chi connectivity index (χ1n) is 9.80. The second kappa shape index (κ2) is 16.7. The van der Waals surface area contributed by atoms with E-state index < -0.39 is 10.0 Å². The number of rotatable bonds is 18. The lowest BCUT2D eigenvalue weighted by Gasteiger charge is -2.05. The van der Waals surface area contributed by atoms with Crippen molar-refractivity contribution in [2.75, 3.05) is 18.8 Å². The van der Waals surface area contributed by atoms with Crippen molar-refractivity contribution in [3.63, 3.8) is 0 Å². The van der Waals surface area contributed by atoms with Gasteiger partial charge >= 0.3 is 0 Å². The molecule has 0 atom stereocenters. The summed E-state index contributed by atoms with van der Waals surface area (Å²) in [7, 11) is -3.09. The minimum absolute atomic E-state index is 0.241. The highest BCUT2D eigenvalue weighted by atomic mass is 32.2. The van der Waals surface area contributed by atoms with Crippen LogP contribution in [0.2, 0.25) is 0 Å². The molecule has 0 fully saturated rings. The molecule has 0 aliphatic carbocycles. The van der Waals surface area contributed by atoms with E-state index in [9.17, 15) is 8.42 Å². The molecule has 23 heavy (non-hydrogen) atoms. The topological polar surface area (TPSA) is 72.2 Å². The summed E-state index contributed by atoms with van der Waals surface area (Å²) in [5, 5.41) is 0. The van der Waals surface area contributed by atoms with Crippen LogP contribution in [0.5, 0.6) is 0 Å². The van der Waals surface area contributed by atoms with Gasteiger partial charge in [-0.15, -0.1) is 0 Å². The minimum Gasteiger partial charge on any atom is -0.329 e. The van der Waals surface area contributed by atoms with E-state index in [-0.39, 0.29) is 5.75 Å². The Labute approximate surface area is 145 Å². The molecule has 0 unspecified atom stereocenters. The molecular formula is C18H40N2O2S. The molecular weight excluding hydrogens is 308 g/mol. The van der Waals surface area contributed by atoms with Crippen molar-refractivity contribution in [3.05, 3.63) is 0 Å². The van der Waals surface area contributed by atoms with Gasteiger partial charge in [0.1, 0.15) is 0 Å². The van der Waals surface area contributed by atoms with Crippen LogP contribution in [0.15, 0.2) is 0 Å². The second-order valence-corrected chi connectivity index (χ2v) is 8.52. The number of nitrogens with one attached hydrogen (secondary N) is 1. The molecule has 0 radical (unpaired) electrons. The van der Waals surface area contributed by atoms with Gasteiger partial charge in [-0.2, -0.15) is 0 Å². The third-order valence-corrected chi connectivity index (χ3v) is 5.70. The standard InChI is InChI=1S/C18H40N2O2S/c1-2-3-4-5-6-7-8-9-10-11-12-13-14-15-18-23(21,22)20-17-16-19/h20H,2-19H2,1H3. The van der Waals surface area contributed by atoms with Gasteiger partial charge in [0.15, 0.2) is 0 Å². The fourth-order valence-corrected chi connectivity index (χ4v) is 3.93. The van der Waals surface area contributed by atoms with Gasteiger partial charge in [0.25, 0.3) is 0 Å². The van der Waals surface area contributed by atoms with Gasteiger partial charge in [-0.05, 0) is 6.42 Å². The van der Waals surface area contributed by atoms with Gasteiger partial charge in [0.2, 0.25) is 10.0 Å². The largest absolute Gasteiger partial charge is 0.329 e. The summed E-state index contributed by atoms with van der Waals surface area (Å²) in [6.07, 6.45) is 17.9. The second-order valence-electron chi connectivity index (χ2n) is 6.60. The SMILES string of the molecule is CCCCCCCCCCCCCCCCS(=O)(=O)NCCN. The minimum atomic E-state index is -3.09. The summed E-state index contributed by atoms with van der Waals surface area (Å²) in [5.74, 6) is 0.241. The summed E-state index contributed by atoms with van der Waals surface area (Å²) in [5.41, 5.74) is 5.29. The lowest BCUT2D eigenvalue weighted by atomic mass is 10.0. The molecule has 0 rings (SSSR count). The molecule has 0 aliphatic rings. The van der Waals surface area contributed by atoms with E-state index in [4.69, 9.17) is 5.73 Å². The van der Waals surface area contributed by atoms with Gasteiger partial charge in [0, 0.05) is 13.1 Å². The van der Waals surface area contributed by atoms with E-state index in [2.05, 4.69) is 11.6 Å². The number of unbranched alkanes of at least 4 members (excludes halogenated alkanes) is 13. The molecule has 5 heteroatoms. The molecule has 0 saturated carbocycles. The van der Waals surface area contributed by atoms with Crippen LogP contribution in [0.25, 0.3) is 0 Å². The normalized spacial score (nSPS) is 11.9. The van der Waals surface area contributed by atoms with Crippen molar-refractivity contribution in [2.24, 2.45) is 5.73 Å². The maximum absolute atomic E-state index is 11.5. The number of hydrogen-bond acceptors (Lipinski definition) is 3. The summed E-state index contributed by atoms with van der Waals surface area (Å²) in [4.78, 5) is 0. The molecule has 0 spiro atoms. The molecule has 0 aliphatic heterocycles. The summed E-state index contributed by atoms with van der Waals surface area (Å²) < 4.78 is 25.6. The fourth-order valence-electron chi connectivity index (χ4n) is 2.77. The Hall–Kier alpha value is -0.130. The first-order valence-corrected chi connectivity index (χ1v) is 11.4. The Balaban J connectivity index is 3.19. The molecule has 0 bridgehead atoms.